The first-order valence-corrected chi connectivity index (χ1v) is 6.04. The Hall–Kier alpha value is -0.450. The van der Waals surface area contributed by atoms with E-state index in [1.54, 1.807) is 11.3 Å². The Morgan fingerprint density at radius 1 is 1.71 bits per heavy atom. The number of rotatable bonds is 3. The molecule has 1 atom stereocenters. The van der Waals surface area contributed by atoms with Crippen LogP contribution in [0.4, 0.5) is 0 Å². The number of likely N-dealkylation sites (tertiary alicyclic amines) is 1. The molecule has 1 fully saturated rings. The zero-order valence-electron chi connectivity index (χ0n) is 8.57. The van der Waals surface area contributed by atoms with E-state index in [1.165, 1.54) is 24.4 Å². The molecule has 1 N–H and O–H groups in total. The van der Waals surface area contributed by atoms with Crippen molar-refractivity contribution in [2.45, 2.75) is 25.4 Å². The third-order valence-electron chi connectivity index (χ3n) is 2.76. The van der Waals surface area contributed by atoms with Crippen LogP contribution in [0.5, 0.6) is 0 Å². The largest absolute Gasteiger partial charge is 0.316 e. The van der Waals surface area contributed by atoms with Crippen LogP contribution in [-0.2, 0) is 6.54 Å². The Bertz CT molecular complexity index is 260. The van der Waals surface area contributed by atoms with Crippen LogP contribution in [0.3, 0.4) is 0 Å². The van der Waals surface area contributed by atoms with Crippen LogP contribution >= 0.6 is 11.3 Å². The number of aromatic nitrogens is 1. The first-order valence-electron chi connectivity index (χ1n) is 5.16. The van der Waals surface area contributed by atoms with Gasteiger partial charge >= 0.3 is 0 Å². The van der Waals surface area contributed by atoms with E-state index in [2.05, 4.69) is 27.6 Å². The molecule has 3 nitrogen and oxygen atoms in total. The number of likely N-dealkylation sites (N-methyl/N-ethyl adjacent to an activating group) is 1. The highest BCUT2D eigenvalue weighted by Crippen LogP contribution is 2.14. The van der Waals surface area contributed by atoms with Crippen molar-refractivity contribution in [3.8, 4) is 0 Å². The van der Waals surface area contributed by atoms with Gasteiger partial charge in [0.25, 0.3) is 0 Å². The normalized spacial score (nSPS) is 23.9. The third kappa shape index (κ3) is 2.53. The van der Waals surface area contributed by atoms with E-state index in [0.29, 0.717) is 6.04 Å². The Balaban J connectivity index is 1.86. The molecular weight excluding hydrogens is 194 g/mol. The number of nitrogens with one attached hydrogen (secondary N) is 1. The predicted molar refractivity (Wildman–Crippen MR) is 59.5 cm³/mol. The summed E-state index contributed by atoms with van der Waals surface area (Å²) in [5.74, 6) is 0. The van der Waals surface area contributed by atoms with Gasteiger partial charge in [0.15, 0.2) is 0 Å². The first-order chi connectivity index (χ1) is 6.88. The second-order valence-electron chi connectivity index (χ2n) is 3.79. The van der Waals surface area contributed by atoms with Gasteiger partial charge in [0.1, 0.15) is 5.01 Å². The summed E-state index contributed by atoms with van der Waals surface area (Å²) < 4.78 is 0. The SMILES string of the molecule is CNC1CCCN(Cc2nccs2)C1. The lowest BCUT2D eigenvalue weighted by Crippen LogP contribution is -2.43. The Morgan fingerprint density at radius 2 is 2.64 bits per heavy atom. The summed E-state index contributed by atoms with van der Waals surface area (Å²) in [6.45, 7) is 3.41. The van der Waals surface area contributed by atoms with Crippen LogP contribution in [-0.4, -0.2) is 36.1 Å². The molecule has 0 bridgehead atoms. The Morgan fingerprint density at radius 3 is 3.36 bits per heavy atom. The van der Waals surface area contributed by atoms with E-state index in [4.69, 9.17) is 0 Å². The van der Waals surface area contributed by atoms with Crippen molar-refractivity contribution in [1.82, 2.24) is 15.2 Å². The lowest BCUT2D eigenvalue weighted by Gasteiger charge is -2.31. The number of hydrogen-bond donors (Lipinski definition) is 1. The fourth-order valence-electron chi connectivity index (χ4n) is 1.96. The molecule has 4 heteroatoms. The Labute approximate surface area is 89.1 Å². The van der Waals surface area contributed by atoms with E-state index in [0.717, 1.165) is 13.1 Å². The molecule has 1 unspecified atom stereocenters. The van der Waals surface area contributed by atoms with E-state index in [9.17, 15) is 0 Å². The van der Waals surface area contributed by atoms with Gasteiger partial charge in [0, 0.05) is 24.2 Å². The molecule has 1 aromatic heterocycles. The van der Waals surface area contributed by atoms with E-state index >= 15 is 0 Å². The molecule has 14 heavy (non-hydrogen) atoms. The average molecular weight is 211 g/mol. The van der Waals surface area contributed by atoms with Crippen molar-refractivity contribution < 1.29 is 0 Å². The smallest absolute Gasteiger partial charge is 0.107 e. The van der Waals surface area contributed by atoms with E-state index in [-0.39, 0.29) is 0 Å². The van der Waals surface area contributed by atoms with E-state index < -0.39 is 0 Å². The lowest BCUT2D eigenvalue weighted by atomic mass is 10.1. The fourth-order valence-corrected chi connectivity index (χ4v) is 2.61. The maximum Gasteiger partial charge on any atom is 0.107 e. The van der Waals surface area contributed by atoms with Crippen molar-refractivity contribution in [2.24, 2.45) is 0 Å². The van der Waals surface area contributed by atoms with Gasteiger partial charge < -0.3 is 5.32 Å². The second-order valence-corrected chi connectivity index (χ2v) is 4.77. The van der Waals surface area contributed by atoms with Crippen LogP contribution in [0.2, 0.25) is 0 Å². The van der Waals surface area contributed by atoms with E-state index in [1.807, 2.05) is 6.20 Å². The molecule has 0 aromatic carbocycles. The standard InChI is InChI=1S/C10H17N3S/c1-11-9-3-2-5-13(7-9)8-10-12-4-6-14-10/h4,6,9,11H,2-3,5,7-8H2,1H3. The highest BCUT2D eigenvalue weighted by Gasteiger charge is 2.18. The zero-order valence-corrected chi connectivity index (χ0v) is 9.39. The van der Waals surface area contributed by atoms with Gasteiger partial charge in [-0.3, -0.25) is 4.90 Å². The van der Waals surface area contributed by atoms with Crippen LogP contribution in [0.25, 0.3) is 0 Å². The molecule has 0 aliphatic carbocycles. The molecule has 1 aliphatic rings. The Kier molecular flexibility index (Phi) is 3.50. The van der Waals surface area contributed by atoms with Crippen molar-refractivity contribution in [3.63, 3.8) is 0 Å². The number of hydrogen-bond acceptors (Lipinski definition) is 4. The molecule has 1 aliphatic heterocycles. The molecule has 1 saturated heterocycles. The summed E-state index contributed by atoms with van der Waals surface area (Å²) in [6.07, 6.45) is 4.50. The van der Waals surface area contributed by atoms with Gasteiger partial charge in [-0.2, -0.15) is 0 Å². The number of nitrogens with zero attached hydrogens (tertiary/aromatic N) is 2. The summed E-state index contributed by atoms with van der Waals surface area (Å²) in [5, 5.41) is 6.64. The van der Waals surface area contributed by atoms with Crippen LogP contribution in [0.15, 0.2) is 11.6 Å². The molecule has 0 amide bonds. The first kappa shape index (κ1) is 10.1. The van der Waals surface area contributed by atoms with Gasteiger partial charge in [0.2, 0.25) is 0 Å². The van der Waals surface area contributed by atoms with Gasteiger partial charge in [-0.1, -0.05) is 0 Å². The van der Waals surface area contributed by atoms with Crippen molar-refractivity contribution in [2.75, 3.05) is 20.1 Å². The van der Waals surface area contributed by atoms with Gasteiger partial charge in [0.05, 0.1) is 6.54 Å². The fraction of sp³-hybridized carbons (Fsp3) is 0.700. The highest BCUT2D eigenvalue weighted by atomic mass is 32.1. The van der Waals surface area contributed by atoms with Crippen molar-refractivity contribution in [3.05, 3.63) is 16.6 Å². The summed E-state index contributed by atoms with van der Waals surface area (Å²) in [7, 11) is 2.05. The van der Waals surface area contributed by atoms with Gasteiger partial charge in [-0.25, -0.2) is 4.98 Å². The minimum atomic E-state index is 0.670. The molecule has 0 spiro atoms. The third-order valence-corrected chi connectivity index (χ3v) is 3.52. The number of piperidine rings is 1. The topological polar surface area (TPSA) is 28.2 Å². The summed E-state index contributed by atoms with van der Waals surface area (Å²) in [5.41, 5.74) is 0. The molecule has 1 aromatic rings. The minimum Gasteiger partial charge on any atom is -0.316 e. The molecule has 2 rings (SSSR count). The second kappa shape index (κ2) is 4.87. The van der Waals surface area contributed by atoms with Gasteiger partial charge in [-0.05, 0) is 26.4 Å². The zero-order chi connectivity index (χ0) is 9.80. The van der Waals surface area contributed by atoms with Crippen molar-refractivity contribution >= 4 is 11.3 Å². The summed E-state index contributed by atoms with van der Waals surface area (Å²) in [6, 6.07) is 0.670. The average Bonchev–Trinajstić information content (AvgIpc) is 2.71. The molecule has 0 radical (unpaired) electrons. The van der Waals surface area contributed by atoms with Crippen LogP contribution in [0, 0.1) is 0 Å². The molecule has 78 valence electrons. The van der Waals surface area contributed by atoms with Gasteiger partial charge in [-0.15, -0.1) is 11.3 Å². The van der Waals surface area contributed by atoms with Crippen molar-refractivity contribution in [1.29, 1.82) is 0 Å². The quantitative estimate of drug-likeness (QED) is 0.817. The monoisotopic (exact) mass is 211 g/mol. The summed E-state index contributed by atoms with van der Waals surface area (Å²) in [4.78, 5) is 6.81. The predicted octanol–water partition coefficient (Wildman–Crippen LogP) is 1.33. The minimum absolute atomic E-state index is 0.670. The number of thiazole rings is 1. The molecular formula is C10H17N3S. The summed E-state index contributed by atoms with van der Waals surface area (Å²) >= 11 is 1.75. The highest BCUT2D eigenvalue weighted by molar-refractivity contribution is 7.09. The molecule has 2 heterocycles. The van der Waals surface area contributed by atoms with Crippen LogP contribution < -0.4 is 5.32 Å². The molecule has 0 saturated carbocycles. The van der Waals surface area contributed by atoms with Crippen LogP contribution in [0.1, 0.15) is 17.8 Å². The maximum atomic E-state index is 4.32. The lowest BCUT2D eigenvalue weighted by molar-refractivity contribution is 0.188. The maximum absolute atomic E-state index is 4.32.